The largest absolute Gasteiger partial charge is 0.492 e. The Labute approximate surface area is 162 Å². The van der Waals surface area contributed by atoms with Gasteiger partial charge in [-0.3, -0.25) is 0 Å². The number of rotatable bonds is 4. The topological polar surface area (TPSA) is 60.0 Å². The van der Waals surface area contributed by atoms with Crippen LogP contribution in [-0.4, -0.2) is 43.0 Å². The molecule has 2 heterocycles. The van der Waals surface area contributed by atoms with Crippen LogP contribution >= 0.6 is 11.8 Å². The molecule has 6 nitrogen and oxygen atoms in total. The van der Waals surface area contributed by atoms with Gasteiger partial charge >= 0.3 is 6.03 Å². The van der Waals surface area contributed by atoms with E-state index < -0.39 is 0 Å². The monoisotopic (exact) mass is 386 g/mol. The van der Waals surface area contributed by atoms with Gasteiger partial charge in [-0.05, 0) is 36.8 Å². The van der Waals surface area contributed by atoms with Crippen molar-refractivity contribution in [2.24, 2.45) is 0 Å². The summed E-state index contributed by atoms with van der Waals surface area (Å²) < 4.78 is 16.9. The second-order valence-corrected chi connectivity index (χ2v) is 7.37. The molecule has 1 N–H and O–H groups in total. The van der Waals surface area contributed by atoms with E-state index >= 15 is 0 Å². The standard InChI is InChI=1S/C20H22N2O4S/c1-2-24-16-6-4-3-5-15(16)21-20(23)22-9-12-27-19(22)14-7-8-17-18(13-14)26-11-10-25-17/h3-8,13,19H,2,9-12H2,1H3,(H,21,23)/t19-/m0/s1. The Bertz CT molecular complexity index is 829. The fourth-order valence-corrected chi connectivity index (χ4v) is 4.45. The Morgan fingerprint density at radius 3 is 2.89 bits per heavy atom. The molecular weight excluding hydrogens is 364 g/mol. The van der Waals surface area contributed by atoms with Gasteiger partial charge in [0.05, 0.1) is 12.3 Å². The number of thioether (sulfide) groups is 1. The van der Waals surface area contributed by atoms with Crippen molar-refractivity contribution >= 4 is 23.5 Å². The molecule has 2 aromatic rings. The number of nitrogens with zero attached hydrogens (tertiary/aromatic N) is 1. The van der Waals surface area contributed by atoms with E-state index in [9.17, 15) is 4.79 Å². The van der Waals surface area contributed by atoms with Gasteiger partial charge in [-0.2, -0.15) is 0 Å². The average molecular weight is 386 g/mol. The van der Waals surface area contributed by atoms with Gasteiger partial charge in [-0.15, -0.1) is 11.8 Å². The zero-order valence-corrected chi connectivity index (χ0v) is 16.0. The molecule has 7 heteroatoms. The highest BCUT2D eigenvalue weighted by Gasteiger charge is 2.32. The van der Waals surface area contributed by atoms with Gasteiger partial charge in [-0.25, -0.2) is 4.79 Å². The molecule has 0 aromatic heterocycles. The Hall–Kier alpha value is -2.54. The molecule has 0 aliphatic carbocycles. The maximum absolute atomic E-state index is 12.9. The lowest BCUT2D eigenvalue weighted by Gasteiger charge is -2.26. The summed E-state index contributed by atoms with van der Waals surface area (Å²) in [5.74, 6) is 3.07. The van der Waals surface area contributed by atoms with Crippen LogP contribution in [0.1, 0.15) is 17.9 Å². The van der Waals surface area contributed by atoms with Crippen LogP contribution < -0.4 is 19.5 Å². The molecule has 0 unspecified atom stereocenters. The maximum atomic E-state index is 12.9. The Kier molecular flexibility index (Phi) is 5.29. The molecule has 2 aromatic carbocycles. The number of ether oxygens (including phenoxy) is 3. The normalized spacial score (nSPS) is 18.3. The Balaban J connectivity index is 1.52. The molecule has 1 atom stereocenters. The molecule has 2 aliphatic heterocycles. The average Bonchev–Trinajstić information content (AvgIpc) is 3.19. The SMILES string of the molecule is CCOc1ccccc1NC(=O)N1CCS[C@H]1c1ccc2c(c1)OCCO2. The van der Waals surface area contributed by atoms with Gasteiger partial charge in [0.15, 0.2) is 11.5 Å². The molecule has 0 bridgehead atoms. The van der Waals surface area contributed by atoms with Crippen LogP contribution in [0, 0.1) is 0 Å². The van der Waals surface area contributed by atoms with Crippen molar-refractivity contribution in [3.05, 3.63) is 48.0 Å². The molecule has 0 spiro atoms. The number of para-hydroxylation sites is 2. The summed E-state index contributed by atoms with van der Waals surface area (Å²) in [6, 6.07) is 13.3. The summed E-state index contributed by atoms with van der Waals surface area (Å²) in [4.78, 5) is 14.8. The third-order valence-electron chi connectivity index (χ3n) is 4.43. The minimum absolute atomic E-state index is 0.0555. The first-order valence-corrected chi connectivity index (χ1v) is 10.1. The third kappa shape index (κ3) is 3.78. The van der Waals surface area contributed by atoms with Crippen LogP contribution in [0.4, 0.5) is 10.5 Å². The van der Waals surface area contributed by atoms with Crippen molar-refractivity contribution in [1.82, 2.24) is 4.90 Å². The van der Waals surface area contributed by atoms with Gasteiger partial charge in [0, 0.05) is 12.3 Å². The number of benzene rings is 2. The predicted octanol–water partition coefficient (Wildman–Crippen LogP) is 4.14. The summed E-state index contributed by atoms with van der Waals surface area (Å²) in [6.45, 7) is 4.28. The quantitative estimate of drug-likeness (QED) is 0.856. The second-order valence-electron chi connectivity index (χ2n) is 6.18. The zero-order valence-electron chi connectivity index (χ0n) is 15.1. The summed E-state index contributed by atoms with van der Waals surface area (Å²) in [5, 5.41) is 2.94. The molecule has 27 heavy (non-hydrogen) atoms. The summed E-state index contributed by atoms with van der Waals surface area (Å²) in [6.07, 6.45) is 0. The van der Waals surface area contributed by atoms with E-state index in [4.69, 9.17) is 14.2 Å². The van der Waals surface area contributed by atoms with Gasteiger partial charge in [-0.1, -0.05) is 18.2 Å². The smallest absolute Gasteiger partial charge is 0.323 e. The van der Waals surface area contributed by atoms with E-state index in [-0.39, 0.29) is 11.4 Å². The van der Waals surface area contributed by atoms with E-state index in [1.165, 1.54) is 0 Å². The molecule has 0 saturated carbocycles. The highest BCUT2D eigenvalue weighted by atomic mass is 32.2. The molecule has 2 aliphatic rings. The molecule has 142 valence electrons. The van der Waals surface area contributed by atoms with Crippen molar-refractivity contribution < 1.29 is 19.0 Å². The molecule has 1 fully saturated rings. The fraction of sp³-hybridized carbons (Fsp3) is 0.350. The summed E-state index contributed by atoms with van der Waals surface area (Å²) >= 11 is 1.75. The van der Waals surface area contributed by atoms with Crippen molar-refractivity contribution in [3.63, 3.8) is 0 Å². The highest BCUT2D eigenvalue weighted by Crippen LogP contribution is 2.42. The van der Waals surface area contributed by atoms with Crippen molar-refractivity contribution in [2.45, 2.75) is 12.3 Å². The lowest BCUT2D eigenvalue weighted by atomic mass is 10.1. The molecular formula is C20H22N2O4S. The zero-order chi connectivity index (χ0) is 18.6. The van der Waals surface area contributed by atoms with E-state index in [0.717, 1.165) is 22.8 Å². The third-order valence-corrected chi connectivity index (χ3v) is 5.69. The Morgan fingerprint density at radius 1 is 1.22 bits per heavy atom. The van der Waals surface area contributed by atoms with Gasteiger partial charge < -0.3 is 24.4 Å². The van der Waals surface area contributed by atoms with Crippen LogP contribution in [0.2, 0.25) is 0 Å². The van der Waals surface area contributed by atoms with Crippen LogP contribution in [0.25, 0.3) is 0 Å². The summed E-state index contributed by atoms with van der Waals surface area (Å²) in [5.41, 5.74) is 1.72. The number of anilines is 1. The number of carbonyl (C=O) groups is 1. The van der Waals surface area contributed by atoms with E-state index in [0.29, 0.717) is 37.8 Å². The fourth-order valence-electron chi connectivity index (χ4n) is 3.21. The van der Waals surface area contributed by atoms with Crippen molar-refractivity contribution in [2.75, 3.05) is 37.4 Å². The number of hydrogen-bond acceptors (Lipinski definition) is 5. The minimum atomic E-state index is -0.132. The van der Waals surface area contributed by atoms with Gasteiger partial charge in [0.2, 0.25) is 0 Å². The first-order chi connectivity index (χ1) is 13.3. The maximum Gasteiger partial charge on any atom is 0.323 e. The number of amides is 2. The second kappa shape index (κ2) is 8.00. The number of fused-ring (bicyclic) bond motifs is 1. The lowest BCUT2D eigenvalue weighted by molar-refractivity contribution is 0.171. The number of urea groups is 1. The van der Waals surface area contributed by atoms with Crippen molar-refractivity contribution in [3.8, 4) is 17.2 Å². The molecule has 0 radical (unpaired) electrons. The highest BCUT2D eigenvalue weighted by molar-refractivity contribution is 7.99. The van der Waals surface area contributed by atoms with Gasteiger partial charge in [0.25, 0.3) is 0 Å². The molecule has 2 amide bonds. The van der Waals surface area contributed by atoms with Crippen LogP contribution in [0.3, 0.4) is 0 Å². The van der Waals surface area contributed by atoms with Crippen LogP contribution in [-0.2, 0) is 0 Å². The summed E-state index contributed by atoms with van der Waals surface area (Å²) in [7, 11) is 0. The van der Waals surface area contributed by atoms with Gasteiger partial charge in [0.1, 0.15) is 24.3 Å². The number of nitrogens with one attached hydrogen (secondary N) is 1. The van der Waals surface area contributed by atoms with E-state index in [1.54, 1.807) is 11.8 Å². The molecule has 1 saturated heterocycles. The lowest BCUT2D eigenvalue weighted by Crippen LogP contribution is -2.34. The van der Waals surface area contributed by atoms with Crippen LogP contribution in [0.5, 0.6) is 17.2 Å². The Morgan fingerprint density at radius 2 is 2.04 bits per heavy atom. The van der Waals surface area contributed by atoms with E-state index in [2.05, 4.69) is 5.32 Å². The van der Waals surface area contributed by atoms with Crippen LogP contribution in [0.15, 0.2) is 42.5 Å². The minimum Gasteiger partial charge on any atom is -0.492 e. The first-order valence-electron chi connectivity index (χ1n) is 9.07. The predicted molar refractivity (Wildman–Crippen MR) is 106 cm³/mol. The molecule has 4 rings (SSSR count). The number of hydrogen-bond donors (Lipinski definition) is 1. The first kappa shape index (κ1) is 17.9. The van der Waals surface area contributed by atoms with Crippen molar-refractivity contribution in [1.29, 1.82) is 0 Å². The number of carbonyl (C=O) groups excluding carboxylic acids is 1. The van der Waals surface area contributed by atoms with E-state index in [1.807, 2.05) is 54.3 Å².